The molecule has 2 aliphatic rings. The predicted octanol–water partition coefficient (Wildman–Crippen LogP) is -5.38. The van der Waals surface area contributed by atoms with Gasteiger partial charge in [-0.2, -0.15) is 0 Å². The van der Waals surface area contributed by atoms with Gasteiger partial charge in [0, 0.05) is 49.5 Å². The number of nitrogens with one attached hydrogen (secondary N) is 12. The summed E-state index contributed by atoms with van der Waals surface area (Å²) in [5.41, 5.74) is 6.98. The van der Waals surface area contributed by atoms with Crippen molar-refractivity contribution >= 4 is 139 Å². The van der Waals surface area contributed by atoms with E-state index >= 15 is 0 Å². The number of aldehydes is 1. The minimum absolute atomic E-state index is 0.0327. The van der Waals surface area contributed by atoms with Crippen LogP contribution in [0.25, 0.3) is 0 Å². The third-order valence-corrected chi connectivity index (χ3v) is 18.4. The second kappa shape index (κ2) is 40.1. The third kappa shape index (κ3) is 26.5. The van der Waals surface area contributed by atoms with Crippen molar-refractivity contribution in [2.75, 3.05) is 30.3 Å². The highest BCUT2D eigenvalue weighted by Gasteiger charge is 2.41. The van der Waals surface area contributed by atoms with Crippen molar-refractivity contribution in [2.45, 2.75) is 164 Å². The molecule has 19 N–H and O–H groups in total. The number of carboxylic acids is 2. The van der Waals surface area contributed by atoms with Gasteiger partial charge >= 0.3 is 11.9 Å². The molecular formula is C59H82N14O21S4. The number of phenolic OH excluding ortho intramolecular Hbond substituents is 2. The van der Waals surface area contributed by atoms with E-state index in [9.17, 15) is 102 Å². The molecule has 0 aliphatic carbocycles. The topological polar surface area (TPSA) is 548 Å². The average Bonchev–Trinajstić information content (AvgIpc) is 1.61. The molecule has 2 aliphatic heterocycles. The van der Waals surface area contributed by atoms with Crippen LogP contribution in [0.1, 0.15) is 77.8 Å². The number of nitrogens with two attached hydrogens (primary N) is 1. The lowest BCUT2D eigenvalue weighted by atomic mass is 10.0. The van der Waals surface area contributed by atoms with Crippen LogP contribution in [0.5, 0.6) is 11.5 Å². The summed E-state index contributed by atoms with van der Waals surface area (Å²) in [5.74, 6) is -16.0. The maximum atomic E-state index is 14.3. The zero-order chi connectivity index (χ0) is 73.1. The Kier molecular flexibility index (Phi) is 33.3. The number of aromatic hydroxyl groups is 2. The highest BCUT2D eigenvalue weighted by molar-refractivity contribution is 8.76. The quantitative estimate of drug-likeness (QED) is 0.0215. The van der Waals surface area contributed by atoms with Gasteiger partial charge in [0.05, 0.1) is 18.7 Å². The van der Waals surface area contributed by atoms with Crippen LogP contribution < -0.4 is 69.5 Å². The number of hydrogen-bond donors (Lipinski definition) is 19. The minimum atomic E-state index is -1.73. The number of carbonyl (C=O) groups excluding carboxylic acids is 14. The molecule has 0 spiro atoms. The van der Waals surface area contributed by atoms with E-state index in [1.54, 1.807) is 0 Å². The summed E-state index contributed by atoms with van der Waals surface area (Å²) in [6.45, 7) is 5.21. The molecule has 2 aromatic carbocycles. The summed E-state index contributed by atoms with van der Waals surface area (Å²) >= 11 is 4.03. The van der Waals surface area contributed by atoms with Crippen molar-refractivity contribution in [1.82, 2.24) is 68.7 Å². The molecule has 8 unspecified atom stereocenters. The molecule has 4 rings (SSSR count). The molecule has 2 saturated heterocycles. The monoisotopic (exact) mass is 1450 g/mol. The van der Waals surface area contributed by atoms with E-state index in [-0.39, 0.29) is 61.0 Å². The highest BCUT2D eigenvalue weighted by atomic mass is 33.1. The average molecular weight is 1450 g/mol. The number of aliphatic carboxylic acids is 2. The molecule has 2 aromatic rings. The molecule has 2 heterocycles. The van der Waals surface area contributed by atoms with Crippen molar-refractivity contribution < 1.29 is 102 Å². The number of hydrogen-bond acceptors (Lipinski definition) is 24. The number of carbonyl (C=O) groups is 16. The SMILES string of the molecule is CC(NC(=O)C1CCCN1C(=O)[C@H](CC=O)NC(=O)C1CSSCC(N)C(=O)N[C@@H](C)C(=O)NC(CCC(=O)O)C(=O)N[C@@H](Cc2ccc(O)cc2)C(=O)NC(C)C(=O)N1)C(=O)N[C@@H](C)C(=O)NC(C(=O)NCC(=O)NC(CSS)C(=O)N[C@@H](Cc1ccc(O)cc1)C(=O)O)[C@H](C)O. The van der Waals surface area contributed by atoms with Gasteiger partial charge < -0.3 is 105 Å². The van der Waals surface area contributed by atoms with Gasteiger partial charge in [-0.15, -0.1) is 11.7 Å². The van der Waals surface area contributed by atoms with Crippen LogP contribution in [0.15, 0.2) is 48.5 Å². The number of aliphatic hydroxyl groups is 1. The molecule has 35 nitrogen and oxygen atoms in total. The van der Waals surface area contributed by atoms with Crippen LogP contribution in [0.4, 0.5) is 0 Å². The fraction of sp³-hybridized carbons (Fsp3) is 0.525. The molecule has 2 fully saturated rings. The highest BCUT2D eigenvalue weighted by Crippen LogP contribution is 2.24. The zero-order valence-corrected chi connectivity index (χ0v) is 57.1. The van der Waals surface area contributed by atoms with Crippen LogP contribution in [0, 0.1) is 0 Å². The molecule has 98 heavy (non-hydrogen) atoms. The second-order valence-corrected chi connectivity index (χ2v) is 26.8. The van der Waals surface area contributed by atoms with Crippen LogP contribution in [0.3, 0.4) is 0 Å². The fourth-order valence-corrected chi connectivity index (χ4v) is 12.5. The van der Waals surface area contributed by atoms with Gasteiger partial charge in [-0.25, -0.2) is 4.79 Å². The summed E-state index contributed by atoms with van der Waals surface area (Å²) in [5, 5.41) is 77.8. The third-order valence-electron chi connectivity index (χ3n) is 15.0. The van der Waals surface area contributed by atoms with Gasteiger partial charge in [-0.1, -0.05) is 56.6 Å². The first-order chi connectivity index (χ1) is 46.2. The Balaban J connectivity index is 1.41. The van der Waals surface area contributed by atoms with Gasteiger partial charge in [0.1, 0.15) is 90.3 Å². The van der Waals surface area contributed by atoms with E-state index in [1.807, 2.05) is 0 Å². The predicted molar refractivity (Wildman–Crippen MR) is 357 cm³/mol. The Hall–Kier alpha value is -8.92. The number of likely N-dealkylation sites (tertiary alicyclic amines) is 1. The zero-order valence-electron chi connectivity index (χ0n) is 53.7. The lowest BCUT2D eigenvalue weighted by Gasteiger charge is -2.30. The van der Waals surface area contributed by atoms with Crippen LogP contribution in [-0.4, -0.2) is 240 Å². The molecule has 39 heteroatoms. The van der Waals surface area contributed by atoms with Crippen molar-refractivity contribution in [3.8, 4) is 11.5 Å². The number of benzene rings is 2. The number of thiol groups is 1. The first kappa shape index (κ1) is 81.5. The molecule has 0 radical (unpaired) electrons. The largest absolute Gasteiger partial charge is 0.508 e. The normalized spacial score (nSPS) is 21.8. The van der Waals surface area contributed by atoms with Crippen molar-refractivity contribution in [2.24, 2.45) is 5.73 Å². The summed E-state index contributed by atoms with van der Waals surface area (Å²) in [6, 6.07) is -8.06. The summed E-state index contributed by atoms with van der Waals surface area (Å²) in [6.07, 6.45) is -3.21. The van der Waals surface area contributed by atoms with Crippen molar-refractivity contribution in [3.63, 3.8) is 0 Å². The second-order valence-electron chi connectivity index (χ2n) is 22.9. The maximum absolute atomic E-state index is 14.3. The first-order valence-corrected chi connectivity index (χ1v) is 35.1. The van der Waals surface area contributed by atoms with E-state index in [1.165, 1.54) is 76.2 Å². The van der Waals surface area contributed by atoms with Crippen LogP contribution >= 0.6 is 44.0 Å². The van der Waals surface area contributed by atoms with Gasteiger partial charge in [0.25, 0.3) is 0 Å². The molecule has 0 bridgehead atoms. The maximum Gasteiger partial charge on any atom is 0.326 e. The van der Waals surface area contributed by atoms with E-state index in [0.717, 1.165) is 44.2 Å². The van der Waals surface area contributed by atoms with Gasteiger partial charge in [-0.3, -0.25) is 67.1 Å². The van der Waals surface area contributed by atoms with Gasteiger partial charge in [0.15, 0.2) is 0 Å². The fourth-order valence-electron chi connectivity index (χ4n) is 9.42. The van der Waals surface area contributed by atoms with E-state index in [4.69, 9.17) is 5.73 Å². The molecule has 0 aromatic heterocycles. The van der Waals surface area contributed by atoms with Crippen molar-refractivity contribution in [1.29, 1.82) is 0 Å². The minimum Gasteiger partial charge on any atom is -0.508 e. The van der Waals surface area contributed by atoms with Crippen molar-refractivity contribution in [3.05, 3.63) is 59.7 Å². The summed E-state index contributed by atoms with van der Waals surface area (Å²) < 4.78 is 0. The molecule has 13 amide bonds. The number of nitrogens with zero attached hydrogens (tertiary/aromatic N) is 1. The summed E-state index contributed by atoms with van der Waals surface area (Å²) in [4.78, 5) is 214. The van der Waals surface area contributed by atoms with Crippen LogP contribution in [0.2, 0.25) is 0 Å². The lowest BCUT2D eigenvalue weighted by molar-refractivity contribution is -0.143. The summed E-state index contributed by atoms with van der Waals surface area (Å²) in [7, 11) is 2.72. The number of amides is 13. The number of phenols is 2. The number of aliphatic hydroxyl groups excluding tert-OH is 1. The Bertz CT molecular complexity index is 3230. The van der Waals surface area contributed by atoms with E-state index < -0.39 is 199 Å². The Labute approximate surface area is 578 Å². The number of rotatable bonds is 28. The molecule has 538 valence electrons. The lowest BCUT2D eigenvalue weighted by Crippen LogP contribution is -2.60. The van der Waals surface area contributed by atoms with Crippen LogP contribution in [-0.2, 0) is 89.6 Å². The molecule has 0 saturated carbocycles. The smallest absolute Gasteiger partial charge is 0.326 e. The molecule has 14 atom stereocenters. The Morgan fingerprint density at radius 2 is 1.22 bits per heavy atom. The number of carboxylic acid groups (broad SMARTS) is 2. The first-order valence-electron chi connectivity index (χ1n) is 30.5. The van der Waals surface area contributed by atoms with Gasteiger partial charge in [0.2, 0.25) is 76.8 Å². The molecular weight excluding hydrogens is 1370 g/mol. The Morgan fingerprint density at radius 1 is 0.663 bits per heavy atom. The standard InChI is InChI=1S/C59H82N14O21S4/c1-27(47(81)62-30(4)50(84)72-46(31(5)75)57(91)61-23-44(78)66-41(25-96-95)54(88)70-40(59(93)94)22-33-10-14-35(77)15-11-33)65-56(90)43-7-6-19-73(43)58(92)38(18-20-74)68-55(89)42-26-98-97-24-36(60)51(85)63-28(2)48(82)67-37(16-17-45(79)80)52(86)69-39(21-32-8-12-34(76)13-9-32)53(87)64-29(3)49(83)71-42/h8-15,20,27-31,36-43,46,75-77,95H,6-7,16-19,21-26,60H2,1-5H3,(H,61,91)(H,62,81)(H,63,85)(H,64,87)(H,65,90)(H,66,78)(H,67,82)(H,68,89)(H,69,86)(H,70,88)(H,71,83)(H,72,84)(H,79,80)(H,93,94)/t27?,28-,29?,30-,31-,36?,37?,38-,39-,40-,41?,42?,43?,46?/m0/s1. The van der Waals surface area contributed by atoms with E-state index in [0.29, 0.717) is 17.4 Å². The Morgan fingerprint density at radius 3 is 1.82 bits per heavy atom. The van der Waals surface area contributed by atoms with E-state index in [2.05, 4.69) is 75.5 Å². The van der Waals surface area contributed by atoms with Gasteiger partial charge in [-0.05, 0) is 89.3 Å².